The van der Waals surface area contributed by atoms with Crippen molar-refractivity contribution in [1.29, 1.82) is 0 Å². The van der Waals surface area contributed by atoms with E-state index < -0.39 is 5.82 Å². The van der Waals surface area contributed by atoms with Crippen LogP contribution in [0.25, 0.3) is 11.4 Å². The highest BCUT2D eigenvalue weighted by Gasteiger charge is 2.16. The molecule has 0 bridgehead atoms. The number of halogens is 1. The summed E-state index contributed by atoms with van der Waals surface area (Å²) >= 11 is 0. The van der Waals surface area contributed by atoms with Gasteiger partial charge in [-0.15, -0.1) is 0 Å². The van der Waals surface area contributed by atoms with E-state index in [1.54, 1.807) is 0 Å². The number of pyridine rings is 1. The summed E-state index contributed by atoms with van der Waals surface area (Å²) in [5.41, 5.74) is 3.24. The summed E-state index contributed by atoms with van der Waals surface area (Å²) in [6.07, 6.45) is 4.01. The summed E-state index contributed by atoms with van der Waals surface area (Å²) < 4.78 is 14.3. The van der Waals surface area contributed by atoms with E-state index in [0.717, 1.165) is 56.8 Å². The normalized spacial score (nSPS) is 15.2. The van der Waals surface area contributed by atoms with Gasteiger partial charge in [0.05, 0.1) is 6.20 Å². The Morgan fingerprint density at radius 1 is 0.871 bits per heavy atom. The summed E-state index contributed by atoms with van der Waals surface area (Å²) in [7, 11) is 0. The van der Waals surface area contributed by atoms with Crippen molar-refractivity contribution in [1.82, 2.24) is 24.8 Å². The van der Waals surface area contributed by atoms with Crippen LogP contribution < -0.4 is 5.32 Å². The first-order valence-corrected chi connectivity index (χ1v) is 10.9. The topological polar surface area (TPSA) is 57.2 Å². The Bertz CT molecular complexity index is 982. The second-order valence-corrected chi connectivity index (χ2v) is 7.83. The zero-order valence-electron chi connectivity index (χ0n) is 18.2. The Hall–Kier alpha value is -2.90. The molecule has 6 nitrogen and oxygen atoms in total. The van der Waals surface area contributed by atoms with Crippen LogP contribution in [0.2, 0.25) is 0 Å². The van der Waals surface area contributed by atoms with E-state index in [-0.39, 0.29) is 5.82 Å². The molecule has 0 radical (unpaired) electrons. The number of likely N-dealkylation sites (N-methyl/N-ethyl adjacent to an activating group) is 1. The third kappa shape index (κ3) is 5.42. The number of hydrogen-bond donors (Lipinski definition) is 1. The highest BCUT2D eigenvalue weighted by molar-refractivity contribution is 5.60. The van der Waals surface area contributed by atoms with Crippen LogP contribution in [0, 0.1) is 5.82 Å². The lowest BCUT2D eigenvalue weighted by Gasteiger charge is -2.33. The summed E-state index contributed by atoms with van der Waals surface area (Å²) in [5, 5.41) is 2.99. The van der Waals surface area contributed by atoms with Gasteiger partial charge in [0, 0.05) is 44.5 Å². The number of anilines is 2. The molecule has 0 atom stereocenters. The maximum absolute atomic E-state index is 14.3. The summed E-state index contributed by atoms with van der Waals surface area (Å²) in [5.74, 6) is 0.660. The van der Waals surface area contributed by atoms with Gasteiger partial charge in [-0.1, -0.05) is 44.2 Å². The van der Waals surface area contributed by atoms with Crippen LogP contribution in [0.4, 0.5) is 16.0 Å². The predicted octanol–water partition coefficient (Wildman–Crippen LogP) is 4.12. The van der Waals surface area contributed by atoms with Crippen LogP contribution >= 0.6 is 0 Å². The Morgan fingerprint density at radius 3 is 2.23 bits per heavy atom. The number of aryl methyl sites for hydroxylation is 1. The molecule has 0 aliphatic carbocycles. The number of rotatable bonds is 7. The van der Waals surface area contributed by atoms with Gasteiger partial charge in [-0.3, -0.25) is 4.90 Å². The van der Waals surface area contributed by atoms with Crippen LogP contribution in [0.15, 0.2) is 48.8 Å². The first kappa shape index (κ1) is 21.3. The number of benzene rings is 1. The van der Waals surface area contributed by atoms with Gasteiger partial charge in [-0.2, -0.15) is 0 Å². The van der Waals surface area contributed by atoms with Gasteiger partial charge in [0.1, 0.15) is 5.82 Å². The average molecular weight is 421 g/mol. The molecule has 4 rings (SSSR count). The molecule has 1 aliphatic rings. The minimum absolute atomic E-state index is 0.125. The largest absolute Gasteiger partial charge is 0.322 e. The van der Waals surface area contributed by atoms with Crippen molar-refractivity contribution in [2.75, 3.05) is 38.0 Å². The Morgan fingerprint density at radius 2 is 1.58 bits per heavy atom. The van der Waals surface area contributed by atoms with E-state index in [1.807, 2.05) is 42.6 Å². The third-order valence-corrected chi connectivity index (χ3v) is 5.75. The summed E-state index contributed by atoms with van der Waals surface area (Å²) in [4.78, 5) is 17.9. The summed E-state index contributed by atoms with van der Waals surface area (Å²) in [6, 6.07) is 11.9. The van der Waals surface area contributed by atoms with E-state index in [1.165, 1.54) is 11.8 Å². The number of piperazine rings is 1. The zero-order valence-corrected chi connectivity index (χ0v) is 18.2. The maximum atomic E-state index is 14.3. The second kappa shape index (κ2) is 9.94. The van der Waals surface area contributed by atoms with Crippen molar-refractivity contribution in [2.45, 2.75) is 26.8 Å². The minimum Gasteiger partial charge on any atom is -0.322 e. The molecule has 162 valence electrons. The molecular weight excluding hydrogens is 391 g/mol. The number of aromatic nitrogens is 3. The van der Waals surface area contributed by atoms with E-state index in [4.69, 9.17) is 0 Å². The molecule has 1 aromatic carbocycles. The fraction of sp³-hybridized carbons (Fsp3) is 0.375. The van der Waals surface area contributed by atoms with Gasteiger partial charge in [0.15, 0.2) is 17.5 Å². The van der Waals surface area contributed by atoms with Crippen molar-refractivity contribution >= 4 is 11.6 Å². The predicted molar refractivity (Wildman–Crippen MR) is 122 cm³/mol. The molecule has 1 aliphatic heterocycles. The molecule has 2 aromatic heterocycles. The average Bonchev–Trinajstić information content (AvgIpc) is 2.82. The third-order valence-electron chi connectivity index (χ3n) is 5.75. The summed E-state index contributed by atoms with van der Waals surface area (Å²) in [6.45, 7) is 10.7. The highest BCUT2D eigenvalue weighted by atomic mass is 19.1. The fourth-order valence-corrected chi connectivity index (χ4v) is 3.72. The molecule has 1 N–H and O–H groups in total. The SMILES string of the molecule is CCc1ccc(-c2ncc(F)c(Nc3ccc(CN4CCN(CC)CC4)cn3)n2)cc1. The van der Waals surface area contributed by atoms with Crippen LogP contribution in [-0.2, 0) is 13.0 Å². The maximum Gasteiger partial charge on any atom is 0.184 e. The van der Waals surface area contributed by atoms with Crippen LogP contribution in [0.3, 0.4) is 0 Å². The minimum atomic E-state index is -0.506. The fourth-order valence-electron chi connectivity index (χ4n) is 3.72. The molecule has 3 aromatic rings. The van der Waals surface area contributed by atoms with E-state index in [9.17, 15) is 4.39 Å². The monoisotopic (exact) mass is 420 g/mol. The molecule has 0 saturated carbocycles. The highest BCUT2D eigenvalue weighted by Crippen LogP contribution is 2.22. The number of nitrogens with zero attached hydrogens (tertiary/aromatic N) is 5. The standard InChI is InChI=1S/C24H29FN6/c1-3-18-5-8-20(9-6-18)23-27-16-21(25)24(29-23)28-22-10-7-19(15-26-22)17-31-13-11-30(4-2)12-14-31/h5-10,15-16H,3-4,11-14,17H2,1-2H3,(H,26,27,28,29). The van der Waals surface area contributed by atoms with Gasteiger partial charge >= 0.3 is 0 Å². The van der Waals surface area contributed by atoms with Gasteiger partial charge in [-0.05, 0) is 30.2 Å². The first-order chi connectivity index (χ1) is 15.1. The van der Waals surface area contributed by atoms with Crippen LogP contribution in [-0.4, -0.2) is 57.5 Å². The number of hydrogen-bond acceptors (Lipinski definition) is 6. The lowest BCUT2D eigenvalue weighted by molar-refractivity contribution is 0.132. The number of nitrogens with one attached hydrogen (secondary N) is 1. The molecule has 0 unspecified atom stereocenters. The van der Waals surface area contributed by atoms with Crippen molar-refractivity contribution < 1.29 is 4.39 Å². The van der Waals surface area contributed by atoms with Crippen LogP contribution in [0.5, 0.6) is 0 Å². The van der Waals surface area contributed by atoms with Crippen molar-refractivity contribution in [3.63, 3.8) is 0 Å². The molecule has 3 heterocycles. The first-order valence-electron chi connectivity index (χ1n) is 10.9. The quantitative estimate of drug-likeness (QED) is 0.621. The Kier molecular flexibility index (Phi) is 6.84. The van der Waals surface area contributed by atoms with E-state index >= 15 is 0 Å². The lowest BCUT2D eigenvalue weighted by atomic mass is 10.1. The second-order valence-electron chi connectivity index (χ2n) is 7.83. The van der Waals surface area contributed by atoms with Crippen molar-refractivity contribution in [3.05, 3.63) is 65.7 Å². The van der Waals surface area contributed by atoms with Gasteiger partial charge < -0.3 is 10.2 Å². The van der Waals surface area contributed by atoms with E-state index in [0.29, 0.717) is 11.6 Å². The molecule has 7 heteroatoms. The van der Waals surface area contributed by atoms with Gasteiger partial charge in [-0.25, -0.2) is 19.3 Å². The molecule has 1 fully saturated rings. The van der Waals surface area contributed by atoms with E-state index in [2.05, 4.69) is 43.9 Å². The van der Waals surface area contributed by atoms with Gasteiger partial charge in [0.25, 0.3) is 0 Å². The molecule has 31 heavy (non-hydrogen) atoms. The molecule has 1 saturated heterocycles. The Labute approximate surface area is 183 Å². The van der Waals surface area contributed by atoms with Gasteiger partial charge in [0.2, 0.25) is 0 Å². The molecular formula is C24H29FN6. The zero-order chi connectivity index (χ0) is 21.6. The Balaban J connectivity index is 1.41. The smallest absolute Gasteiger partial charge is 0.184 e. The molecule has 0 amide bonds. The van der Waals surface area contributed by atoms with Crippen LogP contribution in [0.1, 0.15) is 25.0 Å². The lowest BCUT2D eigenvalue weighted by Crippen LogP contribution is -2.45. The van der Waals surface area contributed by atoms with Crippen molar-refractivity contribution in [3.8, 4) is 11.4 Å². The molecule has 0 spiro atoms. The van der Waals surface area contributed by atoms with Crippen molar-refractivity contribution in [2.24, 2.45) is 0 Å².